The fourth-order valence-corrected chi connectivity index (χ4v) is 2.99. The number of hydrogen-bond acceptors (Lipinski definition) is 3. The van der Waals surface area contributed by atoms with Crippen molar-refractivity contribution < 1.29 is 26.4 Å². The minimum atomic E-state index is -4.64. The van der Waals surface area contributed by atoms with Gasteiger partial charge in [0, 0.05) is 18.3 Å². The molecule has 0 heterocycles. The zero-order valence-electron chi connectivity index (χ0n) is 12.4. The van der Waals surface area contributed by atoms with Crippen molar-refractivity contribution in [2.24, 2.45) is 0 Å². The first kappa shape index (κ1) is 17.8. The number of carbonyl (C=O) groups excluding carboxylic acids is 1. The maximum absolute atomic E-state index is 12.7. The zero-order valence-corrected chi connectivity index (χ0v) is 13.2. The number of rotatable bonds is 4. The highest BCUT2D eigenvalue weighted by molar-refractivity contribution is 7.92. The molecule has 2 N–H and O–H groups in total. The summed E-state index contributed by atoms with van der Waals surface area (Å²) in [5.41, 5.74) is -0.611. The first-order valence-corrected chi connectivity index (χ1v) is 8.14. The Labute approximate surface area is 136 Å². The third-order valence-electron chi connectivity index (χ3n) is 3.10. The molecule has 0 bridgehead atoms. The molecule has 0 radical (unpaired) electrons. The lowest BCUT2D eigenvalue weighted by Gasteiger charge is -2.11. The summed E-state index contributed by atoms with van der Waals surface area (Å²) in [6, 6.07) is 8.90. The van der Waals surface area contributed by atoms with Crippen molar-refractivity contribution in [3.63, 3.8) is 0 Å². The van der Waals surface area contributed by atoms with Gasteiger partial charge in [-0.05, 0) is 42.5 Å². The van der Waals surface area contributed by atoms with Gasteiger partial charge in [-0.2, -0.15) is 13.2 Å². The second-order valence-electron chi connectivity index (χ2n) is 4.79. The second kappa shape index (κ2) is 6.52. The largest absolute Gasteiger partial charge is 0.416 e. The standard InChI is InChI=1S/C15H13F3N2O3S/c1-19-14(21)10-5-7-12(8-6-10)20-24(22,23)13-4-2-3-11(9-13)15(16,17)18/h2-9,20H,1H3,(H,19,21). The van der Waals surface area contributed by atoms with Crippen LogP contribution in [0.25, 0.3) is 0 Å². The van der Waals surface area contributed by atoms with E-state index in [-0.39, 0.29) is 11.6 Å². The number of benzene rings is 2. The monoisotopic (exact) mass is 358 g/mol. The molecule has 0 spiro atoms. The summed E-state index contributed by atoms with van der Waals surface area (Å²) < 4.78 is 64.6. The average Bonchev–Trinajstić information content (AvgIpc) is 2.54. The molecule has 2 aromatic rings. The quantitative estimate of drug-likeness (QED) is 0.883. The van der Waals surface area contributed by atoms with Gasteiger partial charge in [-0.3, -0.25) is 9.52 Å². The zero-order chi connectivity index (χ0) is 18.0. The Morgan fingerprint density at radius 3 is 2.21 bits per heavy atom. The normalized spacial score (nSPS) is 11.8. The summed E-state index contributed by atoms with van der Waals surface area (Å²) in [6.07, 6.45) is -4.64. The smallest absolute Gasteiger partial charge is 0.355 e. The number of hydrogen-bond donors (Lipinski definition) is 2. The van der Waals surface area contributed by atoms with Gasteiger partial charge in [-0.15, -0.1) is 0 Å². The molecule has 0 aliphatic rings. The van der Waals surface area contributed by atoms with Gasteiger partial charge in [0.1, 0.15) is 0 Å². The molecule has 9 heteroatoms. The van der Waals surface area contributed by atoms with Gasteiger partial charge in [0.25, 0.3) is 15.9 Å². The molecule has 0 aliphatic carbocycles. The predicted molar refractivity (Wildman–Crippen MR) is 82.1 cm³/mol. The van der Waals surface area contributed by atoms with Crippen molar-refractivity contribution in [3.8, 4) is 0 Å². The fraction of sp³-hybridized carbons (Fsp3) is 0.133. The predicted octanol–water partition coefficient (Wildman–Crippen LogP) is 2.87. The van der Waals surface area contributed by atoms with Crippen LogP contribution in [0.4, 0.5) is 18.9 Å². The number of halogens is 3. The summed E-state index contributed by atoms with van der Waals surface area (Å²) in [5, 5.41) is 2.41. The molecule has 1 amide bonds. The van der Waals surface area contributed by atoms with E-state index in [4.69, 9.17) is 0 Å². The number of alkyl halides is 3. The van der Waals surface area contributed by atoms with E-state index in [1.807, 2.05) is 0 Å². The Bertz CT molecular complexity index is 847. The molecule has 24 heavy (non-hydrogen) atoms. The maximum Gasteiger partial charge on any atom is 0.416 e. The van der Waals surface area contributed by atoms with Gasteiger partial charge in [0.05, 0.1) is 10.5 Å². The Morgan fingerprint density at radius 2 is 1.67 bits per heavy atom. The first-order chi connectivity index (χ1) is 11.1. The van der Waals surface area contributed by atoms with Crippen LogP contribution < -0.4 is 10.0 Å². The minimum Gasteiger partial charge on any atom is -0.355 e. The Kier molecular flexibility index (Phi) is 4.83. The van der Waals surface area contributed by atoms with Gasteiger partial charge in [-0.1, -0.05) is 6.07 Å². The molecule has 0 saturated carbocycles. The molecule has 0 saturated heterocycles. The van der Waals surface area contributed by atoms with Gasteiger partial charge < -0.3 is 5.32 Å². The number of anilines is 1. The SMILES string of the molecule is CNC(=O)c1ccc(NS(=O)(=O)c2cccc(C(F)(F)F)c2)cc1. The van der Waals surface area contributed by atoms with E-state index in [0.717, 1.165) is 18.2 Å². The highest BCUT2D eigenvalue weighted by Crippen LogP contribution is 2.30. The van der Waals surface area contributed by atoms with Crippen LogP contribution in [0.2, 0.25) is 0 Å². The lowest BCUT2D eigenvalue weighted by atomic mass is 10.2. The third-order valence-corrected chi connectivity index (χ3v) is 4.48. The number of amides is 1. The molecule has 0 unspecified atom stereocenters. The maximum atomic E-state index is 12.7. The second-order valence-corrected chi connectivity index (χ2v) is 6.47. The van der Waals surface area contributed by atoms with E-state index in [1.54, 1.807) is 0 Å². The Hall–Kier alpha value is -2.55. The van der Waals surface area contributed by atoms with Crippen molar-refractivity contribution in [2.75, 3.05) is 11.8 Å². The molecule has 5 nitrogen and oxygen atoms in total. The van der Waals surface area contributed by atoms with Crippen LogP contribution >= 0.6 is 0 Å². The number of carbonyl (C=O) groups is 1. The Balaban J connectivity index is 2.27. The van der Waals surface area contributed by atoms with Gasteiger partial charge in [0.15, 0.2) is 0 Å². The lowest BCUT2D eigenvalue weighted by molar-refractivity contribution is -0.137. The minimum absolute atomic E-state index is 0.125. The van der Waals surface area contributed by atoms with Crippen LogP contribution in [0.15, 0.2) is 53.4 Å². The van der Waals surface area contributed by atoms with Crippen LogP contribution in [0.5, 0.6) is 0 Å². The van der Waals surface area contributed by atoms with E-state index in [0.29, 0.717) is 11.6 Å². The van der Waals surface area contributed by atoms with Crippen molar-refractivity contribution in [3.05, 3.63) is 59.7 Å². The van der Waals surface area contributed by atoms with Crippen LogP contribution in [0, 0.1) is 0 Å². The van der Waals surface area contributed by atoms with Gasteiger partial charge in [0.2, 0.25) is 0 Å². The summed E-state index contributed by atoms with van der Waals surface area (Å²) in [7, 11) is -2.73. The van der Waals surface area contributed by atoms with E-state index in [2.05, 4.69) is 10.0 Å². The molecule has 0 aliphatic heterocycles. The topological polar surface area (TPSA) is 75.3 Å². The molecular formula is C15H13F3N2O3S. The summed E-state index contributed by atoms with van der Waals surface area (Å²) in [4.78, 5) is 10.9. The van der Waals surface area contributed by atoms with E-state index in [1.165, 1.54) is 31.3 Å². The van der Waals surface area contributed by atoms with Crippen molar-refractivity contribution in [1.29, 1.82) is 0 Å². The summed E-state index contributed by atoms with van der Waals surface area (Å²) >= 11 is 0. The molecule has 0 fully saturated rings. The van der Waals surface area contributed by atoms with Gasteiger partial charge in [-0.25, -0.2) is 8.42 Å². The Morgan fingerprint density at radius 1 is 1.04 bits per heavy atom. The van der Waals surface area contributed by atoms with E-state index < -0.39 is 26.7 Å². The summed E-state index contributed by atoms with van der Waals surface area (Å²) in [6.45, 7) is 0. The fourth-order valence-electron chi connectivity index (χ4n) is 1.89. The van der Waals surface area contributed by atoms with Crippen molar-refractivity contribution in [2.45, 2.75) is 11.1 Å². The highest BCUT2D eigenvalue weighted by atomic mass is 32.2. The van der Waals surface area contributed by atoms with Gasteiger partial charge >= 0.3 is 6.18 Å². The lowest BCUT2D eigenvalue weighted by Crippen LogP contribution is -2.18. The molecule has 0 atom stereocenters. The molecule has 128 valence electrons. The number of nitrogens with one attached hydrogen (secondary N) is 2. The molecular weight excluding hydrogens is 345 g/mol. The van der Waals surface area contributed by atoms with E-state index >= 15 is 0 Å². The molecule has 2 aromatic carbocycles. The van der Waals surface area contributed by atoms with Crippen LogP contribution in [-0.4, -0.2) is 21.4 Å². The number of sulfonamides is 1. The molecule has 0 aromatic heterocycles. The molecule has 2 rings (SSSR count). The van der Waals surface area contributed by atoms with Crippen molar-refractivity contribution in [1.82, 2.24) is 5.32 Å². The van der Waals surface area contributed by atoms with Crippen LogP contribution in [0.3, 0.4) is 0 Å². The summed E-state index contributed by atoms with van der Waals surface area (Å²) in [5.74, 6) is -0.345. The average molecular weight is 358 g/mol. The van der Waals surface area contributed by atoms with Crippen LogP contribution in [0.1, 0.15) is 15.9 Å². The van der Waals surface area contributed by atoms with Crippen molar-refractivity contribution >= 4 is 21.6 Å². The third kappa shape index (κ3) is 4.05. The van der Waals surface area contributed by atoms with Crippen LogP contribution in [-0.2, 0) is 16.2 Å². The van der Waals surface area contributed by atoms with E-state index in [9.17, 15) is 26.4 Å². The highest BCUT2D eigenvalue weighted by Gasteiger charge is 2.31. The first-order valence-electron chi connectivity index (χ1n) is 6.66.